The molecule has 1 N–H and O–H groups in total. The van der Waals surface area contributed by atoms with Crippen LogP contribution in [0.2, 0.25) is 0 Å². The van der Waals surface area contributed by atoms with Crippen LogP contribution in [0.1, 0.15) is 23.2 Å². The van der Waals surface area contributed by atoms with Crippen LogP contribution < -0.4 is 0 Å². The average molecular weight is 315 g/mol. The number of carboxylic acid groups (broad SMARTS) is 1. The molecule has 1 aromatic rings. The highest BCUT2D eigenvalue weighted by Gasteiger charge is 2.19. The molecule has 0 aliphatic carbocycles. The van der Waals surface area contributed by atoms with E-state index in [-0.39, 0.29) is 28.0 Å². The molecule has 0 aromatic carbocycles. The molecule has 0 aliphatic rings. The molecule has 7 heteroatoms. The van der Waals surface area contributed by atoms with E-state index in [1.807, 2.05) is 0 Å². The van der Waals surface area contributed by atoms with E-state index in [1.165, 1.54) is 0 Å². The molecule has 1 rings (SSSR count). The van der Waals surface area contributed by atoms with E-state index in [0.717, 1.165) is 6.20 Å². The summed E-state index contributed by atoms with van der Waals surface area (Å²) in [5.74, 6) is -1.16. The summed E-state index contributed by atoms with van der Waals surface area (Å²) in [5, 5.41) is 8.61. The summed E-state index contributed by atoms with van der Waals surface area (Å²) in [6, 6.07) is 0. The van der Waals surface area contributed by atoms with Crippen molar-refractivity contribution in [2.24, 2.45) is 0 Å². The first kappa shape index (κ1) is 13.3. The SMILES string of the molecule is O=C(O)Cc1ncc(C(F)F)c(Br)c1CCl. The van der Waals surface area contributed by atoms with Crippen LogP contribution in [0.3, 0.4) is 0 Å². The molecule has 0 amide bonds. The molecular weight excluding hydrogens is 307 g/mol. The van der Waals surface area contributed by atoms with Gasteiger partial charge in [0.1, 0.15) is 0 Å². The van der Waals surface area contributed by atoms with Gasteiger partial charge in [-0.15, -0.1) is 11.6 Å². The highest BCUT2D eigenvalue weighted by molar-refractivity contribution is 9.10. The van der Waals surface area contributed by atoms with E-state index in [9.17, 15) is 13.6 Å². The molecule has 0 radical (unpaired) electrons. The van der Waals surface area contributed by atoms with Crippen molar-refractivity contribution < 1.29 is 18.7 Å². The predicted octanol–water partition coefficient (Wildman–Crippen LogP) is 3.15. The molecule has 0 unspecified atom stereocenters. The first-order valence-electron chi connectivity index (χ1n) is 4.19. The van der Waals surface area contributed by atoms with Gasteiger partial charge < -0.3 is 5.11 Å². The maximum Gasteiger partial charge on any atom is 0.309 e. The van der Waals surface area contributed by atoms with Gasteiger partial charge in [0.15, 0.2) is 0 Å². The number of halogens is 4. The second kappa shape index (κ2) is 5.54. The van der Waals surface area contributed by atoms with Gasteiger partial charge in [-0.25, -0.2) is 8.78 Å². The van der Waals surface area contributed by atoms with Gasteiger partial charge in [-0.3, -0.25) is 9.78 Å². The van der Waals surface area contributed by atoms with Gasteiger partial charge in [0, 0.05) is 16.2 Å². The van der Waals surface area contributed by atoms with Crippen LogP contribution >= 0.6 is 27.5 Å². The van der Waals surface area contributed by atoms with E-state index in [2.05, 4.69) is 20.9 Å². The van der Waals surface area contributed by atoms with Crippen molar-refractivity contribution in [3.8, 4) is 0 Å². The van der Waals surface area contributed by atoms with Gasteiger partial charge in [-0.05, 0) is 15.9 Å². The fourth-order valence-corrected chi connectivity index (χ4v) is 2.26. The van der Waals surface area contributed by atoms with Gasteiger partial charge in [0.2, 0.25) is 0 Å². The van der Waals surface area contributed by atoms with Crippen molar-refractivity contribution in [2.75, 3.05) is 0 Å². The zero-order valence-corrected chi connectivity index (χ0v) is 10.2. The van der Waals surface area contributed by atoms with Crippen LogP contribution in [0.15, 0.2) is 10.7 Å². The second-order valence-electron chi connectivity index (χ2n) is 2.96. The molecule has 16 heavy (non-hydrogen) atoms. The van der Waals surface area contributed by atoms with E-state index >= 15 is 0 Å². The van der Waals surface area contributed by atoms with Crippen LogP contribution in [-0.4, -0.2) is 16.1 Å². The molecule has 0 saturated heterocycles. The fourth-order valence-electron chi connectivity index (χ4n) is 1.17. The minimum absolute atomic E-state index is 0.0727. The van der Waals surface area contributed by atoms with E-state index in [0.29, 0.717) is 5.56 Å². The molecule has 0 bridgehead atoms. The zero-order chi connectivity index (χ0) is 12.3. The van der Waals surface area contributed by atoms with Crippen LogP contribution in [0.4, 0.5) is 8.78 Å². The highest BCUT2D eigenvalue weighted by Crippen LogP contribution is 2.31. The maximum atomic E-state index is 12.5. The number of aliphatic carboxylic acids is 1. The average Bonchev–Trinajstić information content (AvgIpc) is 2.16. The Morgan fingerprint density at radius 3 is 2.69 bits per heavy atom. The number of hydrogen-bond acceptors (Lipinski definition) is 2. The lowest BCUT2D eigenvalue weighted by Gasteiger charge is -2.10. The summed E-state index contributed by atoms with van der Waals surface area (Å²) >= 11 is 8.58. The van der Waals surface area contributed by atoms with Gasteiger partial charge in [-0.2, -0.15) is 0 Å². The lowest BCUT2D eigenvalue weighted by molar-refractivity contribution is -0.136. The molecular formula is C9H7BrClF2NO2. The summed E-state index contributed by atoms with van der Waals surface area (Å²) < 4.78 is 25.1. The molecule has 0 aliphatic heterocycles. The number of pyridine rings is 1. The van der Waals surface area contributed by atoms with Gasteiger partial charge in [-0.1, -0.05) is 0 Å². The minimum Gasteiger partial charge on any atom is -0.481 e. The molecule has 3 nitrogen and oxygen atoms in total. The third-order valence-electron chi connectivity index (χ3n) is 1.91. The van der Waals surface area contributed by atoms with Crippen molar-refractivity contribution in [3.63, 3.8) is 0 Å². The molecule has 0 spiro atoms. The van der Waals surface area contributed by atoms with Crippen LogP contribution in [-0.2, 0) is 17.1 Å². The number of nitrogens with zero attached hydrogens (tertiary/aromatic N) is 1. The lowest BCUT2D eigenvalue weighted by Crippen LogP contribution is -2.07. The summed E-state index contributed by atoms with van der Waals surface area (Å²) in [6.07, 6.45) is -2.06. The topological polar surface area (TPSA) is 50.2 Å². The molecule has 0 saturated carbocycles. The Morgan fingerprint density at radius 2 is 2.25 bits per heavy atom. The summed E-state index contributed by atoms with van der Waals surface area (Å²) in [6.45, 7) is 0. The lowest BCUT2D eigenvalue weighted by atomic mass is 10.1. The van der Waals surface area contributed by atoms with Crippen molar-refractivity contribution in [1.82, 2.24) is 4.98 Å². The standard InChI is InChI=1S/C9H7BrClF2NO2/c10-8-4(2-11)6(1-7(15)16)14-3-5(8)9(12)13/h3,9H,1-2H2,(H,15,16). The first-order chi connectivity index (χ1) is 7.47. The van der Waals surface area contributed by atoms with E-state index in [1.54, 1.807) is 0 Å². The van der Waals surface area contributed by atoms with E-state index in [4.69, 9.17) is 16.7 Å². The van der Waals surface area contributed by atoms with Crippen LogP contribution in [0, 0.1) is 0 Å². The number of rotatable bonds is 4. The summed E-state index contributed by atoms with van der Waals surface area (Å²) in [7, 11) is 0. The van der Waals surface area contributed by atoms with Gasteiger partial charge >= 0.3 is 5.97 Å². The number of aromatic nitrogens is 1. The van der Waals surface area contributed by atoms with Crippen LogP contribution in [0.25, 0.3) is 0 Å². The Labute approximate surface area is 104 Å². The Bertz CT molecular complexity index is 415. The smallest absolute Gasteiger partial charge is 0.309 e. The van der Waals surface area contributed by atoms with Crippen LogP contribution in [0.5, 0.6) is 0 Å². The summed E-state index contributed by atoms with van der Waals surface area (Å²) in [5.41, 5.74) is 0.199. The normalized spacial score (nSPS) is 10.8. The molecule has 0 fully saturated rings. The molecule has 88 valence electrons. The zero-order valence-electron chi connectivity index (χ0n) is 7.88. The number of hydrogen-bond donors (Lipinski definition) is 1. The minimum atomic E-state index is -2.68. The Hall–Kier alpha value is -0.750. The third kappa shape index (κ3) is 2.89. The monoisotopic (exact) mass is 313 g/mol. The predicted molar refractivity (Wildman–Crippen MR) is 57.8 cm³/mol. The Kier molecular flexibility index (Phi) is 4.61. The van der Waals surface area contributed by atoms with Crippen molar-refractivity contribution in [3.05, 3.63) is 27.5 Å². The van der Waals surface area contributed by atoms with Gasteiger partial charge in [0.25, 0.3) is 6.43 Å². The highest BCUT2D eigenvalue weighted by atomic mass is 79.9. The van der Waals surface area contributed by atoms with Crippen molar-refractivity contribution in [1.29, 1.82) is 0 Å². The third-order valence-corrected chi connectivity index (χ3v) is 3.12. The van der Waals surface area contributed by atoms with E-state index < -0.39 is 12.4 Å². The number of carbonyl (C=O) groups is 1. The molecule has 0 atom stereocenters. The number of alkyl halides is 3. The Balaban J connectivity index is 3.23. The second-order valence-corrected chi connectivity index (χ2v) is 4.02. The molecule has 1 aromatic heterocycles. The fraction of sp³-hybridized carbons (Fsp3) is 0.333. The number of carboxylic acids is 1. The molecule has 1 heterocycles. The van der Waals surface area contributed by atoms with Crippen molar-refractivity contribution >= 4 is 33.5 Å². The van der Waals surface area contributed by atoms with Gasteiger partial charge in [0.05, 0.1) is 23.6 Å². The first-order valence-corrected chi connectivity index (χ1v) is 5.52. The largest absolute Gasteiger partial charge is 0.481 e. The van der Waals surface area contributed by atoms with Crippen molar-refractivity contribution in [2.45, 2.75) is 18.7 Å². The summed E-state index contributed by atoms with van der Waals surface area (Å²) in [4.78, 5) is 14.2. The maximum absolute atomic E-state index is 12.5. The quantitative estimate of drug-likeness (QED) is 0.869. The Morgan fingerprint density at radius 1 is 1.62 bits per heavy atom.